The maximum atomic E-state index is 5.67. The molecule has 1 aliphatic heterocycles. The third-order valence-electron chi connectivity index (χ3n) is 3.04. The van der Waals surface area contributed by atoms with Gasteiger partial charge in [0.15, 0.2) is 0 Å². The summed E-state index contributed by atoms with van der Waals surface area (Å²) in [5.41, 5.74) is 0. The zero-order valence-corrected chi connectivity index (χ0v) is 12.5. The Balaban J connectivity index is 2.34. The Morgan fingerprint density at radius 3 is 2.69 bits per heavy atom. The van der Waals surface area contributed by atoms with Crippen LogP contribution in [0.3, 0.4) is 0 Å². The van der Waals surface area contributed by atoms with Gasteiger partial charge in [-0.15, -0.1) is 0 Å². The van der Waals surface area contributed by atoms with E-state index in [9.17, 15) is 0 Å². The average molecular weight is 263 g/mol. The van der Waals surface area contributed by atoms with E-state index in [2.05, 4.69) is 49.6 Å². The summed E-state index contributed by atoms with van der Waals surface area (Å²) < 4.78 is 5.67. The Hall–Kier alpha value is 0.620. The van der Waals surface area contributed by atoms with Crippen molar-refractivity contribution >= 4 is 23.5 Å². The molecule has 2 nitrogen and oxygen atoms in total. The van der Waals surface area contributed by atoms with E-state index in [0.717, 1.165) is 30.1 Å². The predicted molar refractivity (Wildman–Crippen MR) is 76.7 cm³/mol. The molecule has 16 heavy (non-hydrogen) atoms. The van der Waals surface area contributed by atoms with Crippen LogP contribution in [-0.2, 0) is 4.74 Å². The van der Waals surface area contributed by atoms with Gasteiger partial charge in [-0.25, -0.2) is 0 Å². The summed E-state index contributed by atoms with van der Waals surface area (Å²) in [5, 5.41) is 5.64. The molecule has 1 rings (SSSR count). The lowest BCUT2D eigenvalue weighted by molar-refractivity contribution is 0.114. The zero-order valence-electron chi connectivity index (χ0n) is 10.9. The molecule has 0 aliphatic carbocycles. The molecule has 0 bridgehead atoms. The van der Waals surface area contributed by atoms with Crippen LogP contribution in [0.15, 0.2) is 0 Å². The van der Waals surface area contributed by atoms with E-state index in [1.54, 1.807) is 0 Å². The topological polar surface area (TPSA) is 21.3 Å². The second kappa shape index (κ2) is 7.85. The van der Waals surface area contributed by atoms with Gasteiger partial charge in [0.25, 0.3) is 0 Å². The van der Waals surface area contributed by atoms with Gasteiger partial charge in [0.1, 0.15) is 0 Å². The lowest BCUT2D eigenvalue weighted by Crippen LogP contribution is -2.44. The number of likely N-dealkylation sites (N-methyl/N-ethyl adjacent to an activating group) is 1. The monoisotopic (exact) mass is 263 g/mol. The van der Waals surface area contributed by atoms with Gasteiger partial charge in [-0.1, -0.05) is 20.8 Å². The fourth-order valence-electron chi connectivity index (χ4n) is 1.75. The standard InChI is InChI=1S/C12H25NOS2/c1-5-6-14-7-11(13-4)12-8-15-9(2)10(3)16-12/h9-13H,5-8H2,1-4H3. The molecule has 0 aromatic heterocycles. The SMILES string of the molecule is CCCOCC(NC)C1CSC(C)C(C)S1. The van der Waals surface area contributed by atoms with E-state index in [4.69, 9.17) is 4.74 Å². The van der Waals surface area contributed by atoms with Crippen molar-refractivity contribution in [2.24, 2.45) is 0 Å². The molecule has 4 unspecified atom stereocenters. The predicted octanol–water partition coefficient (Wildman–Crippen LogP) is 2.63. The first-order chi connectivity index (χ1) is 7.69. The fourth-order valence-corrected chi connectivity index (χ4v) is 4.90. The molecule has 1 saturated heterocycles. The molecule has 1 fully saturated rings. The Labute approximate surface area is 109 Å². The van der Waals surface area contributed by atoms with Gasteiger partial charge in [0.2, 0.25) is 0 Å². The summed E-state index contributed by atoms with van der Waals surface area (Å²) in [7, 11) is 2.05. The van der Waals surface area contributed by atoms with Gasteiger partial charge in [0.05, 0.1) is 6.61 Å². The lowest BCUT2D eigenvalue weighted by Gasteiger charge is -2.35. The first-order valence-electron chi connectivity index (χ1n) is 6.21. The minimum atomic E-state index is 0.499. The molecule has 1 aliphatic rings. The summed E-state index contributed by atoms with van der Waals surface area (Å²) in [6.45, 7) is 8.57. The van der Waals surface area contributed by atoms with Crippen molar-refractivity contribution in [3.63, 3.8) is 0 Å². The Morgan fingerprint density at radius 1 is 1.38 bits per heavy atom. The molecule has 0 aromatic carbocycles. The molecule has 0 radical (unpaired) electrons. The summed E-state index contributed by atoms with van der Waals surface area (Å²) in [4.78, 5) is 0. The molecule has 96 valence electrons. The van der Waals surface area contributed by atoms with Gasteiger partial charge >= 0.3 is 0 Å². The number of nitrogens with one attached hydrogen (secondary N) is 1. The molecule has 0 amide bonds. The number of hydrogen-bond acceptors (Lipinski definition) is 4. The maximum absolute atomic E-state index is 5.67. The van der Waals surface area contributed by atoms with E-state index in [1.165, 1.54) is 5.75 Å². The molecule has 0 saturated carbocycles. The third-order valence-corrected chi connectivity index (χ3v) is 6.59. The van der Waals surface area contributed by atoms with Gasteiger partial charge < -0.3 is 10.1 Å². The highest BCUT2D eigenvalue weighted by atomic mass is 32.2. The van der Waals surface area contributed by atoms with E-state index in [1.807, 2.05) is 7.05 Å². The highest BCUT2D eigenvalue weighted by molar-refractivity contribution is 8.07. The summed E-state index contributed by atoms with van der Waals surface area (Å²) >= 11 is 4.22. The van der Waals surface area contributed by atoms with E-state index in [-0.39, 0.29) is 0 Å². The van der Waals surface area contributed by atoms with Crippen molar-refractivity contribution in [2.45, 2.75) is 49.0 Å². The second-order valence-corrected chi connectivity index (χ2v) is 7.42. The first kappa shape index (κ1) is 14.7. The molecule has 0 spiro atoms. The number of ether oxygens (including phenoxy) is 1. The normalized spacial score (nSPS) is 32.6. The number of hydrogen-bond donors (Lipinski definition) is 1. The Morgan fingerprint density at radius 2 is 2.12 bits per heavy atom. The van der Waals surface area contributed by atoms with Crippen LogP contribution in [0.5, 0.6) is 0 Å². The van der Waals surface area contributed by atoms with E-state index >= 15 is 0 Å². The molecule has 4 atom stereocenters. The highest BCUT2D eigenvalue weighted by Crippen LogP contribution is 2.36. The zero-order chi connectivity index (χ0) is 12.0. The van der Waals surface area contributed by atoms with Crippen molar-refractivity contribution in [2.75, 3.05) is 26.0 Å². The molecule has 1 N–H and O–H groups in total. The van der Waals surface area contributed by atoms with Crippen molar-refractivity contribution in [3.8, 4) is 0 Å². The van der Waals surface area contributed by atoms with Crippen molar-refractivity contribution in [1.29, 1.82) is 0 Å². The van der Waals surface area contributed by atoms with Gasteiger partial charge in [0, 0.05) is 34.2 Å². The quantitative estimate of drug-likeness (QED) is 0.743. The van der Waals surface area contributed by atoms with Crippen LogP contribution < -0.4 is 5.32 Å². The summed E-state index contributed by atoms with van der Waals surface area (Å²) in [5.74, 6) is 1.25. The smallest absolute Gasteiger partial charge is 0.0630 e. The van der Waals surface area contributed by atoms with Crippen LogP contribution in [0.25, 0.3) is 0 Å². The fraction of sp³-hybridized carbons (Fsp3) is 1.00. The molecular weight excluding hydrogens is 238 g/mol. The first-order valence-corrected chi connectivity index (χ1v) is 8.20. The minimum absolute atomic E-state index is 0.499. The van der Waals surface area contributed by atoms with Crippen molar-refractivity contribution < 1.29 is 4.74 Å². The summed E-state index contributed by atoms with van der Waals surface area (Å²) in [6, 6.07) is 0.499. The van der Waals surface area contributed by atoms with Gasteiger partial charge in [-0.05, 0) is 13.5 Å². The molecule has 0 aromatic rings. The number of thioether (sulfide) groups is 2. The third kappa shape index (κ3) is 4.47. The number of rotatable bonds is 6. The van der Waals surface area contributed by atoms with Crippen LogP contribution in [0, 0.1) is 0 Å². The maximum Gasteiger partial charge on any atom is 0.0630 e. The van der Waals surface area contributed by atoms with E-state index < -0.39 is 0 Å². The van der Waals surface area contributed by atoms with Crippen LogP contribution in [0.4, 0.5) is 0 Å². The van der Waals surface area contributed by atoms with Gasteiger partial charge in [-0.3, -0.25) is 0 Å². The lowest BCUT2D eigenvalue weighted by atomic mass is 10.2. The summed E-state index contributed by atoms with van der Waals surface area (Å²) in [6.07, 6.45) is 1.11. The van der Waals surface area contributed by atoms with Gasteiger partial charge in [-0.2, -0.15) is 23.5 Å². The largest absolute Gasteiger partial charge is 0.380 e. The van der Waals surface area contributed by atoms with Crippen molar-refractivity contribution in [3.05, 3.63) is 0 Å². The van der Waals surface area contributed by atoms with Crippen LogP contribution in [0.1, 0.15) is 27.2 Å². The minimum Gasteiger partial charge on any atom is -0.380 e. The van der Waals surface area contributed by atoms with E-state index in [0.29, 0.717) is 11.3 Å². The molecule has 4 heteroatoms. The Bertz CT molecular complexity index is 192. The van der Waals surface area contributed by atoms with Crippen LogP contribution >= 0.6 is 23.5 Å². The van der Waals surface area contributed by atoms with Crippen LogP contribution in [-0.4, -0.2) is 47.8 Å². The van der Waals surface area contributed by atoms with Crippen molar-refractivity contribution in [1.82, 2.24) is 5.32 Å². The molecule has 1 heterocycles. The molecular formula is C12H25NOS2. The average Bonchev–Trinajstić information content (AvgIpc) is 2.29. The Kier molecular flexibility index (Phi) is 7.20. The highest BCUT2D eigenvalue weighted by Gasteiger charge is 2.30. The van der Waals surface area contributed by atoms with Crippen LogP contribution in [0.2, 0.25) is 0 Å². The second-order valence-electron chi connectivity index (χ2n) is 4.39.